The van der Waals surface area contributed by atoms with Crippen LogP contribution in [-0.2, 0) is 4.74 Å². The Morgan fingerprint density at radius 1 is 1.07 bits per heavy atom. The minimum atomic E-state index is 0.700. The Hall–Kier alpha value is -0.120. The van der Waals surface area contributed by atoms with E-state index in [1.807, 2.05) is 0 Å². The van der Waals surface area contributed by atoms with Crippen LogP contribution in [0.25, 0.3) is 0 Å². The van der Waals surface area contributed by atoms with E-state index in [-0.39, 0.29) is 0 Å². The van der Waals surface area contributed by atoms with Gasteiger partial charge in [0.15, 0.2) is 0 Å². The van der Waals surface area contributed by atoms with Crippen molar-refractivity contribution >= 4 is 0 Å². The second-order valence-corrected chi connectivity index (χ2v) is 4.56. The van der Waals surface area contributed by atoms with Crippen LogP contribution in [0.4, 0.5) is 0 Å². The van der Waals surface area contributed by atoms with Crippen LogP contribution >= 0.6 is 0 Å². The Morgan fingerprint density at radius 2 is 1.86 bits per heavy atom. The van der Waals surface area contributed by atoms with Gasteiger partial charge in [-0.1, -0.05) is 0 Å². The minimum absolute atomic E-state index is 0.700. The molecule has 82 valence electrons. The maximum Gasteiger partial charge on any atom is 0.0621 e. The molecule has 0 aromatic carbocycles. The number of rotatable bonds is 1. The third kappa shape index (κ3) is 2.69. The summed E-state index contributed by atoms with van der Waals surface area (Å²) in [5, 5.41) is 0. The highest BCUT2D eigenvalue weighted by Gasteiger charge is 2.23. The number of likely N-dealkylation sites (N-methyl/N-ethyl adjacent to an activating group) is 1. The van der Waals surface area contributed by atoms with Crippen molar-refractivity contribution in [2.45, 2.75) is 25.3 Å². The summed E-state index contributed by atoms with van der Waals surface area (Å²) in [5.41, 5.74) is 0. The van der Waals surface area contributed by atoms with E-state index in [4.69, 9.17) is 4.74 Å². The molecule has 0 spiro atoms. The summed E-state index contributed by atoms with van der Waals surface area (Å²) in [6.45, 7) is 6.83. The monoisotopic (exact) mass is 198 g/mol. The molecule has 0 aliphatic carbocycles. The molecule has 2 aliphatic heterocycles. The zero-order chi connectivity index (χ0) is 9.80. The molecule has 2 aliphatic rings. The van der Waals surface area contributed by atoms with E-state index in [0.717, 1.165) is 13.2 Å². The molecule has 0 saturated carbocycles. The molecule has 3 nitrogen and oxygen atoms in total. The lowest BCUT2D eigenvalue weighted by Crippen LogP contribution is -2.50. The van der Waals surface area contributed by atoms with Gasteiger partial charge in [-0.05, 0) is 26.3 Å². The van der Waals surface area contributed by atoms with E-state index >= 15 is 0 Å². The van der Waals surface area contributed by atoms with Crippen LogP contribution in [-0.4, -0.2) is 62.3 Å². The topological polar surface area (TPSA) is 15.7 Å². The smallest absolute Gasteiger partial charge is 0.0621 e. The molecule has 0 aromatic rings. The summed E-state index contributed by atoms with van der Waals surface area (Å²) >= 11 is 0. The van der Waals surface area contributed by atoms with Crippen LogP contribution < -0.4 is 0 Å². The molecule has 0 radical (unpaired) electrons. The molecule has 0 aromatic heterocycles. The lowest BCUT2D eigenvalue weighted by molar-refractivity contribution is 0.0473. The Morgan fingerprint density at radius 3 is 2.64 bits per heavy atom. The second kappa shape index (κ2) is 5.10. The van der Waals surface area contributed by atoms with Crippen LogP contribution in [0.5, 0.6) is 0 Å². The van der Waals surface area contributed by atoms with E-state index in [9.17, 15) is 0 Å². The van der Waals surface area contributed by atoms with Crippen molar-refractivity contribution in [3.63, 3.8) is 0 Å². The molecule has 1 unspecified atom stereocenters. The number of piperazine rings is 1. The van der Waals surface area contributed by atoms with Gasteiger partial charge in [0, 0.05) is 38.8 Å². The molecule has 1 atom stereocenters. The van der Waals surface area contributed by atoms with E-state index < -0.39 is 0 Å². The molecule has 2 rings (SSSR count). The van der Waals surface area contributed by atoms with Gasteiger partial charge in [0.25, 0.3) is 0 Å². The second-order valence-electron chi connectivity index (χ2n) is 4.56. The SMILES string of the molecule is CN1CCN(C2CCCCOC2)CC1. The molecular weight excluding hydrogens is 176 g/mol. The lowest BCUT2D eigenvalue weighted by Gasteiger charge is -2.37. The lowest BCUT2D eigenvalue weighted by atomic mass is 10.1. The standard InChI is InChI=1S/C11H22N2O/c1-12-5-7-13(8-6-12)11-4-2-3-9-14-10-11/h11H,2-10H2,1H3. The van der Waals surface area contributed by atoms with Crippen molar-refractivity contribution in [2.24, 2.45) is 0 Å². The fraction of sp³-hybridized carbons (Fsp3) is 1.00. The van der Waals surface area contributed by atoms with Gasteiger partial charge >= 0.3 is 0 Å². The highest BCUT2D eigenvalue weighted by molar-refractivity contribution is 4.78. The van der Waals surface area contributed by atoms with Gasteiger partial charge in [0.1, 0.15) is 0 Å². The average molecular weight is 198 g/mol. The Kier molecular flexibility index (Phi) is 3.79. The number of ether oxygens (including phenoxy) is 1. The molecule has 2 heterocycles. The van der Waals surface area contributed by atoms with E-state index in [1.165, 1.54) is 45.4 Å². The zero-order valence-electron chi connectivity index (χ0n) is 9.24. The fourth-order valence-corrected chi connectivity index (χ4v) is 2.36. The summed E-state index contributed by atoms with van der Waals surface area (Å²) in [5.74, 6) is 0. The van der Waals surface area contributed by atoms with Crippen molar-refractivity contribution in [3.8, 4) is 0 Å². The van der Waals surface area contributed by atoms with Gasteiger partial charge in [-0.15, -0.1) is 0 Å². The van der Waals surface area contributed by atoms with Crippen LogP contribution in [0.3, 0.4) is 0 Å². The van der Waals surface area contributed by atoms with Crippen LogP contribution in [0.1, 0.15) is 19.3 Å². The summed E-state index contributed by atoms with van der Waals surface area (Å²) in [6, 6.07) is 0.700. The fourth-order valence-electron chi connectivity index (χ4n) is 2.36. The van der Waals surface area contributed by atoms with Crippen LogP contribution in [0.2, 0.25) is 0 Å². The van der Waals surface area contributed by atoms with Gasteiger partial charge in [-0.3, -0.25) is 4.90 Å². The maximum atomic E-state index is 5.63. The first-order chi connectivity index (χ1) is 6.86. The van der Waals surface area contributed by atoms with E-state index in [1.54, 1.807) is 0 Å². The highest BCUT2D eigenvalue weighted by atomic mass is 16.5. The average Bonchev–Trinajstić information content (AvgIpc) is 2.47. The predicted octanol–water partition coefficient (Wildman–Crippen LogP) is 0.803. The Balaban J connectivity index is 1.81. The quantitative estimate of drug-likeness (QED) is 0.620. The molecule has 3 heteroatoms. The van der Waals surface area contributed by atoms with Crippen molar-refractivity contribution in [1.82, 2.24) is 9.80 Å². The van der Waals surface area contributed by atoms with Gasteiger partial charge in [-0.25, -0.2) is 0 Å². The van der Waals surface area contributed by atoms with Crippen molar-refractivity contribution in [2.75, 3.05) is 46.4 Å². The summed E-state index contributed by atoms with van der Waals surface area (Å²) in [7, 11) is 2.21. The summed E-state index contributed by atoms with van der Waals surface area (Å²) in [4.78, 5) is 5.03. The first-order valence-electron chi connectivity index (χ1n) is 5.86. The van der Waals surface area contributed by atoms with E-state index in [2.05, 4.69) is 16.8 Å². The van der Waals surface area contributed by atoms with Crippen LogP contribution in [0, 0.1) is 0 Å². The third-order valence-corrected chi connectivity index (χ3v) is 3.44. The van der Waals surface area contributed by atoms with Gasteiger partial charge in [-0.2, -0.15) is 0 Å². The van der Waals surface area contributed by atoms with Crippen molar-refractivity contribution < 1.29 is 4.74 Å². The molecular formula is C11H22N2O. The molecule has 0 amide bonds. The van der Waals surface area contributed by atoms with Crippen LogP contribution in [0.15, 0.2) is 0 Å². The van der Waals surface area contributed by atoms with Gasteiger partial charge < -0.3 is 9.64 Å². The Bertz CT molecular complexity index is 159. The molecule has 0 bridgehead atoms. The maximum absolute atomic E-state index is 5.63. The van der Waals surface area contributed by atoms with Gasteiger partial charge in [0.05, 0.1) is 6.61 Å². The van der Waals surface area contributed by atoms with Gasteiger partial charge in [0.2, 0.25) is 0 Å². The first-order valence-corrected chi connectivity index (χ1v) is 5.86. The molecule has 2 fully saturated rings. The molecule has 14 heavy (non-hydrogen) atoms. The first kappa shape index (κ1) is 10.4. The third-order valence-electron chi connectivity index (χ3n) is 3.44. The van der Waals surface area contributed by atoms with E-state index in [0.29, 0.717) is 6.04 Å². The molecule has 0 N–H and O–H groups in total. The molecule has 2 saturated heterocycles. The predicted molar refractivity (Wildman–Crippen MR) is 57.5 cm³/mol. The Labute approximate surface area is 87.0 Å². The number of hydrogen-bond donors (Lipinski definition) is 0. The largest absolute Gasteiger partial charge is 0.380 e. The number of hydrogen-bond acceptors (Lipinski definition) is 3. The zero-order valence-corrected chi connectivity index (χ0v) is 9.24. The highest BCUT2D eigenvalue weighted by Crippen LogP contribution is 2.15. The summed E-state index contributed by atoms with van der Waals surface area (Å²) in [6.07, 6.45) is 3.94. The normalized spacial score (nSPS) is 32.8. The minimum Gasteiger partial charge on any atom is -0.380 e. The number of nitrogens with zero attached hydrogens (tertiary/aromatic N) is 2. The van der Waals surface area contributed by atoms with Crippen molar-refractivity contribution in [3.05, 3.63) is 0 Å². The van der Waals surface area contributed by atoms with Crippen molar-refractivity contribution in [1.29, 1.82) is 0 Å². The summed E-state index contributed by atoms with van der Waals surface area (Å²) < 4.78 is 5.63.